The van der Waals surface area contributed by atoms with Crippen molar-refractivity contribution in [3.63, 3.8) is 0 Å². The second kappa shape index (κ2) is 12.6. The molecule has 0 aliphatic rings. The van der Waals surface area contributed by atoms with Crippen LogP contribution in [0, 0.1) is 0 Å². The minimum Gasteiger partial charge on any atom is -0.305 e. The van der Waals surface area contributed by atoms with Gasteiger partial charge in [0.25, 0.3) is 0 Å². The van der Waals surface area contributed by atoms with Crippen molar-refractivity contribution in [2.75, 3.05) is 26.7 Å². The van der Waals surface area contributed by atoms with E-state index in [1.807, 2.05) is 40.0 Å². The van der Waals surface area contributed by atoms with Crippen LogP contribution in [0.15, 0.2) is 57.9 Å². The highest BCUT2D eigenvalue weighted by atomic mass is 79.9. The summed E-state index contributed by atoms with van der Waals surface area (Å²) in [6.07, 6.45) is 2.58. The van der Waals surface area contributed by atoms with Crippen molar-refractivity contribution >= 4 is 32.4 Å². The van der Waals surface area contributed by atoms with Crippen molar-refractivity contribution < 1.29 is 18.0 Å². The monoisotopic (exact) mass is 539 g/mol. The van der Waals surface area contributed by atoms with Gasteiger partial charge in [0.2, 0.25) is 16.4 Å². The molecule has 1 N–H and O–H groups in total. The van der Waals surface area contributed by atoms with Crippen LogP contribution in [0.25, 0.3) is 0 Å². The van der Waals surface area contributed by atoms with Crippen LogP contribution >= 0.6 is 15.9 Å². The summed E-state index contributed by atoms with van der Waals surface area (Å²) >= 11 is 3.29. The van der Waals surface area contributed by atoms with Gasteiger partial charge in [-0.05, 0) is 86.4 Å². The molecule has 182 valence electrons. The largest absolute Gasteiger partial charge is 0.305 e. The number of rotatable bonds is 13. The van der Waals surface area contributed by atoms with Crippen molar-refractivity contribution in [3.05, 3.63) is 64.1 Å². The number of hydroxylamine groups is 2. The average Bonchev–Trinajstić information content (AvgIpc) is 2.73. The Morgan fingerprint density at radius 1 is 1.03 bits per heavy atom. The van der Waals surface area contributed by atoms with E-state index in [-0.39, 0.29) is 4.90 Å². The molecule has 2 rings (SSSR count). The Bertz CT molecular complexity index is 992. The molecule has 33 heavy (non-hydrogen) atoms. The SMILES string of the molecule is CN(CCCc1ccc(CN(C=O)OC(C)(C)C)cc1)CCNS(=O)(=O)c1ccccc1Br. The van der Waals surface area contributed by atoms with E-state index < -0.39 is 15.6 Å². The third-order valence-corrected chi connectivity index (χ3v) is 7.26. The highest BCUT2D eigenvalue weighted by molar-refractivity contribution is 9.10. The van der Waals surface area contributed by atoms with Gasteiger partial charge in [0.15, 0.2) is 0 Å². The van der Waals surface area contributed by atoms with Crippen LogP contribution in [0.4, 0.5) is 0 Å². The number of carbonyl (C=O) groups is 1. The topological polar surface area (TPSA) is 79.0 Å². The molecule has 2 aromatic carbocycles. The number of halogens is 1. The summed E-state index contributed by atoms with van der Waals surface area (Å²) < 4.78 is 28.1. The zero-order valence-electron chi connectivity index (χ0n) is 19.8. The van der Waals surface area contributed by atoms with Gasteiger partial charge >= 0.3 is 0 Å². The second-order valence-corrected chi connectivity index (χ2v) is 11.5. The first kappa shape index (κ1) is 27.5. The van der Waals surface area contributed by atoms with E-state index in [1.165, 1.54) is 10.6 Å². The molecule has 0 radical (unpaired) electrons. The Hall–Kier alpha value is -1.78. The zero-order valence-corrected chi connectivity index (χ0v) is 22.2. The summed E-state index contributed by atoms with van der Waals surface area (Å²) in [7, 11) is -1.55. The van der Waals surface area contributed by atoms with Crippen LogP contribution < -0.4 is 4.72 Å². The first-order valence-corrected chi connectivity index (χ1v) is 13.2. The van der Waals surface area contributed by atoms with Gasteiger partial charge in [-0.2, -0.15) is 0 Å². The molecule has 0 heterocycles. The van der Waals surface area contributed by atoms with E-state index in [1.54, 1.807) is 24.3 Å². The lowest BCUT2D eigenvalue weighted by Gasteiger charge is -2.26. The fourth-order valence-corrected chi connectivity index (χ4v) is 5.23. The molecular weight excluding hydrogens is 506 g/mol. The van der Waals surface area contributed by atoms with E-state index in [0.717, 1.165) is 24.9 Å². The van der Waals surface area contributed by atoms with Crippen molar-refractivity contribution in [1.82, 2.24) is 14.7 Å². The highest BCUT2D eigenvalue weighted by Crippen LogP contribution is 2.20. The van der Waals surface area contributed by atoms with Crippen LogP contribution in [-0.4, -0.2) is 57.1 Å². The number of benzene rings is 2. The molecule has 0 saturated carbocycles. The Balaban J connectivity index is 1.72. The van der Waals surface area contributed by atoms with E-state index in [4.69, 9.17) is 4.84 Å². The lowest BCUT2D eigenvalue weighted by atomic mass is 10.1. The molecule has 7 nitrogen and oxygen atoms in total. The van der Waals surface area contributed by atoms with Gasteiger partial charge in [0.05, 0.1) is 17.0 Å². The number of likely N-dealkylation sites (N-methyl/N-ethyl adjacent to an activating group) is 1. The van der Waals surface area contributed by atoms with Gasteiger partial charge in [0, 0.05) is 17.6 Å². The first-order chi connectivity index (χ1) is 15.5. The number of aryl methyl sites for hydroxylation is 1. The molecule has 0 atom stereocenters. The molecule has 0 fully saturated rings. The lowest BCUT2D eigenvalue weighted by molar-refractivity contribution is -0.220. The minimum absolute atomic E-state index is 0.248. The zero-order chi connectivity index (χ0) is 24.5. The number of hydrogen-bond donors (Lipinski definition) is 1. The van der Waals surface area contributed by atoms with Crippen molar-refractivity contribution in [2.24, 2.45) is 0 Å². The Labute approximate surface area is 206 Å². The first-order valence-electron chi connectivity index (χ1n) is 10.9. The molecule has 0 spiro atoms. The van der Waals surface area contributed by atoms with Gasteiger partial charge in [-0.3, -0.25) is 9.63 Å². The summed E-state index contributed by atoms with van der Waals surface area (Å²) in [4.78, 5) is 19.2. The van der Waals surface area contributed by atoms with E-state index in [9.17, 15) is 13.2 Å². The standard InChI is InChI=1S/C24H34BrN3O4S/c1-24(2,3)32-28(19-29)18-21-13-11-20(12-14-21)8-7-16-27(4)17-15-26-33(30,31)23-10-6-5-9-22(23)25/h5-6,9-14,19,26H,7-8,15-18H2,1-4H3. The number of nitrogens with zero attached hydrogens (tertiary/aromatic N) is 2. The lowest BCUT2D eigenvalue weighted by Crippen LogP contribution is -2.33. The molecule has 0 aromatic heterocycles. The van der Waals surface area contributed by atoms with Gasteiger partial charge in [-0.15, -0.1) is 0 Å². The third kappa shape index (κ3) is 9.93. The predicted octanol–water partition coefficient (Wildman–Crippen LogP) is 3.98. The van der Waals surface area contributed by atoms with Crippen LogP contribution in [-0.2, 0) is 32.6 Å². The maximum atomic E-state index is 12.4. The van der Waals surface area contributed by atoms with E-state index in [0.29, 0.717) is 30.5 Å². The van der Waals surface area contributed by atoms with Crippen molar-refractivity contribution in [2.45, 2.75) is 50.7 Å². The molecule has 0 saturated heterocycles. The van der Waals surface area contributed by atoms with Gasteiger partial charge in [0.1, 0.15) is 0 Å². The molecule has 0 aliphatic carbocycles. The maximum Gasteiger partial charge on any atom is 0.241 e. The normalized spacial score (nSPS) is 12.2. The quantitative estimate of drug-likeness (QED) is 0.307. The molecule has 0 aliphatic heterocycles. The summed E-state index contributed by atoms with van der Waals surface area (Å²) in [5.41, 5.74) is 1.80. The van der Waals surface area contributed by atoms with Gasteiger partial charge in [-0.25, -0.2) is 18.2 Å². The second-order valence-electron chi connectivity index (χ2n) is 8.94. The highest BCUT2D eigenvalue weighted by Gasteiger charge is 2.17. The van der Waals surface area contributed by atoms with Crippen LogP contribution in [0.1, 0.15) is 38.3 Å². The fraction of sp³-hybridized carbons (Fsp3) is 0.458. The maximum absolute atomic E-state index is 12.4. The minimum atomic E-state index is -3.53. The van der Waals surface area contributed by atoms with Crippen LogP contribution in [0.3, 0.4) is 0 Å². The smallest absolute Gasteiger partial charge is 0.241 e. The molecule has 1 amide bonds. The average molecular weight is 541 g/mol. The van der Waals surface area contributed by atoms with Gasteiger partial charge < -0.3 is 4.90 Å². The number of hydrogen-bond acceptors (Lipinski definition) is 5. The summed E-state index contributed by atoms with van der Waals surface area (Å²) in [6.45, 7) is 7.94. The Morgan fingerprint density at radius 3 is 2.27 bits per heavy atom. The molecular formula is C24H34BrN3O4S. The van der Waals surface area contributed by atoms with Gasteiger partial charge in [-0.1, -0.05) is 36.4 Å². The summed E-state index contributed by atoms with van der Waals surface area (Å²) in [6, 6.07) is 14.9. The number of sulfonamides is 1. The molecule has 0 unspecified atom stereocenters. The Morgan fingerprint density at radius 2 is 1.67 bits per heavy atom. The molecule has 0 bridgehead atoms. The van der Waals surface area contributed by atoms with E-state index >= 15 is 0 Å². The third-order valence-electron chi connectivity index (χ3n) is 4.79. The fourth-order valence-electron chi connectivity index (χ4n) is 3.21. The van der Waals surface area contributed by atoms with E-state index in [2.05, 4.69) is 37.7 Å². The van der Waals surface area contributed by atoms with Crippen molar-refractivity contribution in [1.29, 1.82) is 0 Å². The summed E-state index contributed by atoms with van der Waals surface area (Å²) in [5.74, 6) is 0. The number of nitrogens with one attached hydrogen (secondary N) is 1. The number of carbonyl (C=O) groups excluding carboxylic acids is 1. The number of amides is 1. The molecule has 9 heteroatoms. The predicted molar refractivity (Wildman–Crippen MR) is 134 cm³/mol. The van der Waals surface area contributed by atoms with Crippen LogP contribution in [0.2, 0.25) is 0 Å². The van der Waals surface area contributed by atoms with Crippen molar-refractivity contribution in [3.8, 4) is 0 Å². The Kier molecular flexibility index (Phi) is 10.5. The van der Waals surface area contributed by atoms with Crippen LogP contribution in [0.5, 0.6) is 0 Å². The molecule has 2 aromatic rings. The summed E-state index contributed by atoms with van der Waals surface area (Å²) in [5, 5.41) is 1.31.